The van der Waals surface area contributed by atoms with Crippen LogP contribution in [0.15, 0.2) is 0 Å². The molecule has 0 saturated carbocycles. The molecule has 0 fully saturated rings. The Kier molecular flexibility index (Phi) is 13.6. The van der Waals surface area contributed by atoms with Gasteiger partial charge in [-0.05, 0) is 13.0 Å². The average molecular weight is 148 g/mol. The van der Waals surface area contributed by atoms with Crippen LogP contribution in [0.1, 0.15) is 19.8 Å². The smallest absolute Gasteiger partial charge is 0.317 e. The molecule has 5 N–H and O–H groups in total. The van der Waals surface area contributed by atoms with Gasteiger partial charge in [-0.25, -0.2) is 0 Å². The lowest BCUT2D eigenvalue weighted by atomic mass is 10.3. The minimum atomic E-state index is -0.968. The molecule has 0 aromatic heterocycles. The van der Waals surface area contributed by atoms with Crippen molar-refractivity contribution in [2.24, 2.45) is 11.5 Å². The summed E-state index contributed by atoms with van der Waals surface area (Å²) in [5.74, 6) is -0.968. The van der Waals surface area contributed by atoms with Crippen LogP contribution in [0.5, 0.6) is 0 Å². The quantitative estimate of drug-likeness (QED) is 0.516. The van der Waals surface area contributed by atoms with Crippen molar-refractivity contribution in [3.63, 3.8) is 0 Å². The monoisotopic (exact) mass is 148 g/mol. The van der Waals surface area contributed by atoms with Crippen LogP contribution >= 0.6 is 0 Å². The van der Waals surface area contributed by atoms with E-state index < -0.39 is 5.97 Å². The van der Waals surface area contributed by atoms with Gasteiger partial charge in [-0.3, -0.25) is 4.79 Å². The second-order valence-electron chi connectivity index (χ2n) is 1.74. The number of rotatable bonds is 3. The number of hydrogen-bond donors (Lipinski definition) is 3. The number of unbranched alkanes of at least 4 members (excludes halogenated alkanes) is 1. The molecule has 0 unspecified atom stereocenters. The number of carboxylic acid groups (broad SMARTS) is 1. The molecule has 0 heterocycles. The van der Waals surface area contributed by atoms with Crippen LogP contribution in [0.4, 0.5) is 0 Å². The summed E-state index contributed by atoms with van der Waals surface area (Å²) in [6.07, 6.45) is 2.39. The van der Waals surface area contributed by atoms with Crippen molar-refractivity contribution in [1.29, 1.82) is 0 Å². The molecule has 0 amide bonds. The molecule has 62 valence electrons. The first-order chi connectivity index (χ1) is 4.68. The highest BCUT2D eigenvalue weighted by atomic mass is 16.4. The van der Waals surface area contributed by atoms with Gasteiger partial charge in [-0.2, -0.15) is 0 Å². The molecule has 10 heavy (non-hydrogen) atoms. The fourth-order valence-electron chi connectivity index (χ4n) is 0.204. The van der Waals surface area contributed by atoms with E-state index >= 15 is 0 Å². The van der Waals surface area contributed by atoms with E-state index in [1.54, 1.807) is 0 Å². The Hall–Kier alpha value is -0.610. The number of hydrogen-bond acceptors (Lipinski definition) is 3. The van der Waals surface area contributed by atoms with Crippen LogP contribution in [-0.2, 0) is 4.79 Å². The van der Waals surface area contributed by atoms with Crippen molar-refractivity contribution in [2.45, 2.75) is 19.8 Å². The fourth-order valence-corrected chi connectivity index (χ4v) is 0.204. The molecule has 4 nitrogen and oxygen atoms in total. The third kappa shape index (κ3) is 26.3. The summed E-state index contributed by atoms with van der Waals surface area (Å²) < 4.78 is 0. The number of carboxylic acids is 1. The van der Waals surface area contributed by atoms with Gasteiger partial charge < -0.3 is 16.6 Å². The van der Waals surface area contributed by atoms with E-state index in [1.807, 2.05) is 0 Å². The van der Waals surface area contributed by atoms with E-state index in [9.17, 15) is 4.79 Å². The molecule has 0 aromatic carbocycles. The van der Waals surface area contributed by atoms with Crippen molar-refractivity contribution >= 4 is 5.97 Å². The van der Waals surface area contributed by atoms with Crippen LogP contribution in [0.25, 0.3) is 0 Å². The Balaban J connectivity index is 0. The van der Waals surface area contributed by atoms with Gasteiger partial charge >= 0.3 is 5.97 Å². The van der Waals surface area contributed by atoms with Crippen LogP contribution < -0.4 is 11.5 Å². The van der Waals surface area contributed by atoms with E-state index in [0.29, 0.717) is 0 Å². The Morgan fingerprint density at radius 2 is 1.90 bits per heavy atom. The molecule has 0 aliphatic heterocycles. The van der Waals surface area contributed by atoms with Crippen molar-refractivity contribution < 1.29 is 9.90 Å². The van der Waals surface area contributed by atoms with E-state index in [-0.39, 0.29) is 6.54 Å². The minimum absolute atomic E-state index is 0.278. The summed E-state index contributed by atoms with van der Waals surface area (Å²) in [7, 11) is 0. The van der Waals surface area contributed by atoms with Gasteiger partial charge in [0.2, 0.25) is 0 Å². The second-order valence-corrected chi connectivity index (χ2v) is 1.74. The summed E-state index contributed by atoms with van der Waals surface area (Å²) >= 11 is 0. The van der Waals surface area contributed by atoms with Crippen LogP contribution in [0, 0.1) is 0 Å². The molecule has 0 aliphatic rings. The Bertz CT molecular complexity index is 74.1. The molecule has 0 spiro atoms. The predicted molar refractivity (Wildman–Crippen MR) is 40.7 cm³/mol. The Morgan fingerprint density at radius 1 is 1.50 bits per heavy atom. The molecule has 0 saturated heterocycles. The lowest BCUT2D eigenvalue weighted by molar-refractivity contribution is -0.135. The average Bonchev–Trinajstić information content (AvgIpc) is 1.91. The van der Waals surface area contributed by atoms with Gasteiger partial charge in [0.1, 0.15) is 0 Å². The second kappa shape index (κ2) is 11.2. The first-order valence-electron chi connectivity index (χ1n) is 3.30. The first kappa shape index (κ1) is 12.1. The summed E-state index contributed by atoms with van der Waals surface area (Å²) in [6, 6.07) is 0. The third-order valence-corrected chi connectivity index (χ3v) is 0.732. The lowest BCUT2D eigenvalue weighted by Gasteiger charge is -1.80. The lowest BCUT2D eigenvalue weighted by Crippen LogP contribution is -2.10. The molecule has 0 aromatic rings. The fraction of sp³-hybridized carbons (Fsp3) is 0.833. The van der Waals surface area contributed by atoms with Crippen LogP contribution in [0.2, 0.25) is 0 Å². The van der Waals surface area contributed by atoms with E-state index in [1.165, 1.54) is 12.8 Å². The molecular weight excluding hydrogens is 132 g/mol. The minimum Gasteiger partial charge on any atom is -0.480 e. The summed E-state index contributed by atoms with van der Waals surface area (Å²) in [5, 5.41) is 7.60. The van der Waals surface area contributed by atoms with Gasteiger partial charge in [0, 0.05) is 0 Å². The molecule has 0 atom stereocenters. The van der Waals surface area contributed by atoms with Gasteiger partial charge in [-0.15, -0.1) is 0 Å². The normalized spacial score (nSPS) is 7.90. The summed E-state index contributed by atoms with van der Waals surface area (Å²) in [6.45, 7) is 2.70. The van der Waals surface area contributed by atoms with Crippen molar-refractivity contribution in [2.75, 3.05) is 13.1 Å². The van der Waals surface area contributed by atoms with Gasteiger partial charge in [0.05, 0.1) is 6.54 Å². The maximum atomic E-state index is 9.24. The SMILES string of the molecule is CCCCN.NCC(=O)O. The summed E-state index contributed by atoms with van der Waals surface area (Å²) in [4.78, 5) is 9.24. The number of nitrogens with two attached hydrogens (primary N) is 2. The maximum absolute atomic E-state index is 9.24. The third-order valence-electron chi connectivity index (χ3n) is 0.732. The number of aliphatic carboxylic acids is 1. The largest absolute Gasteiger partial charge is 0.480 e. The topological polar surface area (TPSA) is 89.3 Å². The maximum Gasteiger partial charge on any atom is 0.317 e. The highest BCUT2D eigenvalue weighted by Gasteiger charge is 1.81. The zero-order valence-electron chi connectivity index (χ0n) is 6.34. The molecule has 4 heteroatoms. The predicted octanol–water partition coefficient (Wildman–Crippen LogP) is -0.225. The van der Waals surface area contributed by atoms with Gasteiger partial charge in [0.25, 0.3) is 0 Å². The Morgan fingerprint density at radius 3 is 1.90 bits per heavy atom. The molecule has 0 radical (unpaired) electrons. The van der Waals surface area contributed by atoms with Crippen molar-refractivity contribution in [3.05, 3.63) is 0 Å². The highest BCUT2D eigenvalue weighted by Crippen LogP contribution is 1.77. The van der Waals surface area contributed by atoms with Crippen LogP contribution in [0.3, 0.4) is 0 Å². The summed E-state index contributed by atoms with van der Waals surface area (Å²) in [5.41, 5.74) is 9.71. The highest BCUT2D eigenvalue weighted by molar-refractivity contribution is 5.68. The zero-order chi connectivity index (χ0) is 8.41. The molecule has 0 aliphatic carbocycles. The Labute approximate surface area is 61.2 Å². The van der Waals surface area contributed by atoms with E-state index in [0.717, 1.165) is 6.54 Å². The number of carbonyl (C=O) groups is 1. The standard InChI is InChI=1S/C4H11N.C2H5NO2/c1-2-3-4-5;3-1-2(4)5/h2-5H2,1H3;1,3H2,(H,4,5). The van der Waals surface area contributed by atoms with Gasteiger partial charge in [0.15, 0.2) is 0 Å². The van der Waals surface area contributed by atoms with Crippen molar-refractivity contribution in [1.82, 2.24) is 0 Å². The molecule has 0 rings (SSSR count). The van der Waals surface area contributed by atoms with Crippen molar-refractivity contribution in [3.8, 4) is 0 Å². The van der Waals surface area contributed by atoms with E-state index in [4.69, 9.17) is 10.8 Å². The zero-order valence-corrected chi connectivity index (χ0v) is 6.34. The van der Waals surface area contributed by atoms with E-state index in [2.05, 4.69) is 12.7 Å². The first-order valence-corrected chi connectivity index (χ1v) is 3.30. The van der Waals surface area contributed by atoms with Crippen LogP contribution in [-0.4, -0.2) is 24.2 Å². The van der Waals surface area contributed by atoms with Gasteiger partial charge in [-0.1, -0.05) is 13.3 Å². The molecular formula is C6H16N2O2. The molecule has 0 bridgehead atoms.